The Morgan fingerprint density at radius 3 is 2.78 bits per heavy atom. The molecule has 124 valence electrons. The van der Waals surface area contributed by atoms with Gasteiger partial charge in [-0.05, 0) is 25.5 Å². The SMILES string of the molecule is CCC(C)N(CC(=O)O)C(=O)C1=Cc2cccc(OC)c2OC1. The monoisotopic (exact) mass is 319 g/mol. The predicted molar refractivity (Wildman–Crippen MR) is 85.6 cm³/mol. The molecule has 23 heavy (non-hydrogen) atoms. The highest BCUT2D eigenvalue weighted by Crippen LogP contribution is 2.35. The van der Waals surface area contributed by atoms with Crippen molar-refractivity contribution in [3.05, 3.63) is 29.3 Å². The molecule has 1 aromatic rings. The van der Waals surface area contributed by atoms with Crippen molar-refractivity contribution in [3.63, 3.8) is 0 Å². The molecule has 0 spiro atoms. The summed E-state index contributed by atoms with van der Waals surface area (Å²) in [6.45, 7) is 3.52. The minimum absolute atomic E-state index is 0.0960. The van der Waals surface area contributed by atoms with Crippen molar-refractivity contribution >= 4 is 18.0 Å². The van der Waals surface area contributed by atoms with Gasteiger partial charge in [0.2, 0.25) is 0 Å². The number of amides is 1. The molecule has 1 aliphatic rings. The second kappa shape index (κ2) is 7.17. The maximum Gasteiger partial charge on any atom is 0.323 e. The third-order valence-electron chi connectivity index (χ3n) is 3.90. The quantitative estimate of drug-likeness (QED) is 0.870. The molecule has 1 aliphatic heterocycles. The first-order valence-corrected chi connectivity index (χ1v) is 7.51. The van der Waals surface area contributed by atoms with E-state index in [1.54, 1.807) is 19.3 Å². The predicted octanol–water partition coefficient (Wildman–Crippen LogP) is 2.18. The first kappa shape index (κ1) is 16.9. The van der Waals surface area contributed by atoms with Gasteiger partial charge in [-0.3, -0.25) is 9.59 Å². The molecule has 1 atom stereocenters. The Labute approximate surface area is 135 Å². The number of carbonyl (C=O) groups is 2. The summed E-state index contributed by atoms with van der Waals surface area (Å²) in [4.78, 5) is 25.1. The number of aliphatic carboxylic acids is 1. The minimum atomic E-state index is -1.03. The average Bonchev–Trinajstić information content (AvgIpc) is 2.57. The van der Waals surface area contributed by atoms with E-state index in [9.17, 15) is 9.59 Å². The van der Waals surface area contributed by atoms with Gasteiger partial charge in [-0.15, -0.1) is 0 Å². The van der Waals surface area contributed by atoms with Crippen molar-refractivity contribution in [2.75, 3.05) is 20.3 Å². The summed E-state index contributed by atoms with van der Waals surface area (Å²) >= 11 is 0. The van der Waals surface area contributed by atoms with Crippen LogP contribution in [-0.2, 0) is 9.59 Å². The molecule has 0 aliphatic carbocycles. The van der Waals surface area contributed by atoms with Gasteiger partial charge in [-0.1, -0.05) is 19.1 Å². The van der Waals surface area contributed by atoms with Crippen LogP contribution in [0.4, 0.5) is 0 Å². The van der Waals surface area contributed by atoms with Crippen LogP contribution in [0, 0.1) is 0 Å². The lowest BCUT2D eigenvalue weighted by Gasteiger charge is -2.29. The first-order chi connectivity index (χ1) is 11.0. The van der Waals surface area contributed by atoms with Gasteiger partial charge in [0.25, 0.3) is 5.91 Å². The Bertz CT molecular complexity index is 638. The molecular formula is C17H21NO5. The first-order valence-electron chi connectivity index (χ1n) is 7.51. The summed E-state index contributed by atoms with van der Waals surface area (Å²) < 4.78 is 10.9. The van der Waals surface area contributed by atoms with Gasteiger partial charge in [0, 0.05) is 11.6 Å². The molecule has 0 saturated heterocycles. The summed E-state index contributed by atoms with van der Waals surface area (Å²) in [6, 6.07) is 5.27. The molecule has 1 unspecified atom stereocenters. The zero-order valence-corrected chi connectivity index (χ0v) is 13.5. The zero-order chi connectivity index (χ0) is 17.0. The number of benzene rings is 1. The van der Waals surface area contributed by atoms with Crippen molar-refractivity contribution in [3.8, 4) is 11.5 Å². The largest absolute Gasteiger partial charge is 0.493 e. The van der Waals surface area contributed by atoms with Gasteiger partial charge < -0.3 is 19.5 Å². The number of rotatable bonds is 6. The second-order valence-electron chi connectivity index (χ2n) is 5.42. The lowest BCUT2D eigenvalue weighted by Crippen LogP contribution is -2.43. The van der Waals surface area contributed by atoms with Gasteiger partial charge >= 0.3 is 5.97 Å². The average molecular weight is 319 g/mol. The van der Waals surface area contributed by atoms with E-state index < -0.39 is 5.97 Å². The fourth-order valence-corrected chi connectivity index (χ4v) is 2.44. The van der Waals surface area contributed by atoms with E-state index in [0.717, 1.165) is 5.56 Å². The van der Waals surface area contributed by atoms with Crippen molar-refractivity contribution in [2.24, 2.45) is 0 Å². The van der Waals surface area contributed by atoms with Gasteiger partial charge in [0.15, 0.2) is 11.5 Å². The number of hydrogen-bond donors (Lipinski definition) is 1. The van der Waals surface area contributed by atoms with Crippen molar-refractivity contribution < 1.29 is 24.2 Å². The van der Waals surface area contributed by atoms with E-state index >= 15 is 0 Å². The third kappa shape index (κ3) is 3.64. The van der Waals surface area contributed by atoms with E-state index in [2.05, 4.69) is 0 Å². The van der Waals surface area contributed by atoms with Crippen LogP contribution in [0.5, 0.6) is 11.5 Å². The Kier molecular flexibility index (Phi) is 5.26. The number of hydrogen-bond acceptors (Lipinski definition) is 4. The van der Waals surface area contributed by atoms with E-state index in [1.807, 2.05) is 26.0 Å². The van der Waals surface area contributed by atoms with Gasteiger partial charge in [0.05, 0.1) is 12.7 Å². The van der Waals surface area contributed by atoms with E-state index in [-0.39, 0.29) is 25.1 Å². The van der Waals surface area contributed by atoms with Gasteiger partial charge in [-0.25, -0.2) is 0 Å². The highest BCUT2D eigenvalue weighted by atomic mass is 16.5. The summed E-state index contributed by atoms with van der Waals surface area (Å²) in [5.41, 5.74) is 1.19. The van der Waals surface area contributed by atoms with Crippen LogP contribution in [0.25, 0.3) is 6.08 Å². The van der Waals surface area contributed by atoms with Crippen LogP contribution in [-0.4, -0.2) is 48.2 Å². The number of para-hydroxylation sites is 1. The van der Waals surface area contributed by atoms with Crippen molar-refractivity contribution in [1.29, 1.82) is 0 Å². The van der Waals surface area contributed by atoms with Crippen molar-refractivity contribution in [2.45, 2.75) is 26.3 Å². The maximum absolute atomic E-state index is 12.7. The molecule has 0 fully saturated rings. The number of methoxy groups -OCH3 is 1. The summed E-state index contributed by atoms with van der Waals surface area (Å²) in [6.07, 6.45) is 2.42. The fourth-order valence-electron chi connectivity index (χ4n) is 2.44. The molecular weight excluding hydrogens is 298 g/mol. The van der Waals surface area contributed by atoms with Crippen LogP contribution in [0.2, 0.25) is 0 Å². The maximum atomic E-state index is 12.7. The van der Waals surface area contributed by atoms with Gasteiger partial charge in [-0.2, -0.15) is 0 Å². The van der Waals surface area contributed by atoms with Crippen LogP contribution in [0.1, 0.15) is 25.8 Å². The molecule has 1 heterocycles. The summed E-state index contributed by atoms with van der Waals surface area (Å²) in [7, 11) is 1.56. The smallest absolute Gasteiger partial charge is 0.323 e. The number of ether oxygens (including phenoxy) is 2. The van der Waals surface area contributed by atoms with E-state index in [1.165, 1.54) is 4.90 Å². The molecule has 1 amide bonds. The molecule has 6 heteroatoms. The van der Waals surface area contributed by atoms with Crippen LogP contribution < -0.4 is 9.47 Å². The molecule has 6 nitrogen and oxygen atoms in total. The van der Waals surface area contributed by atoms with E-state index in [0.29, 0.717) is 23.5 Å². The normalized spacial score (nSPS) is 14.1. The lowest BCUT2D eigenvalue weighted by molar-refractivity contribution is -0.144. The Morgan fingerprint density at radius 2 is 2.17 bits per heavy atom. The number of carbonyl (C=O) groups excluding carboxylic acids is 1. The highest BCUT2D eigenvalue weighted by molar-refractivity contribution is 6.00. The van der Waals surface area contributed by atoms with Gasteiger partial charge in [0.1, 0.15) is 13.2 Å². The topological polar surface area (TPSA) is 76.1 Å². The highest BCUT2D eigenvalue weighted by Gasteiger charge is 2.27. The molecule has 0 bridgehead atoms. The summed E-state index contributed by atoms with van der Waals surface area (Å²) in [5, 5.41) is 9.04. The third-order valence-corrected chi connectivity index (χ3v) is 3.90. The number of carboxylic acids is 1. The van der Waals surface area contributed by atoms with Crippen LogP contribution >= 0.6 is 0 Å². The number of carboxylic acid groups (broad SMARTS) is 1. The lowest BCUT2D eigenvalue weighted by atomic mass is 10.0. The molecule has 1 aromatic carbocycles. The number of fused-ring (bicyclic) bond motifs is 1. The molecule has 0 aromatic heterocycles. The van der Waals surface area contributed by atoms with Crippen LogP contribution in [0.3, 0.4) is 0 Å². The fraction of sp³-hybridized carbons (Fsp3) is 0.412. The van der Waals surface area contributed by atoms with Crippen LogP contribution in [0.15, 0.2) is 23.8 Å². The Balaban J connectivity index is 2.31. The van der Waals surface area contributed by atoms with E-state index in [4.69, 9.17) is 14.6 Å². The zero-order valence-electron chi connectivity index (χ0n) is 13.5. The van der Waals surface area contributed by atoms with Crippen molar-refractivity contribution in [1.82, 2.24) is 4.90 Å². The summed E-state index contributed by atoms with van der Waals surface area (Å²) in [5.74, 6) is -0.136. The molecule has 1 N–H and O–H groups in total. The second-order valence-corrected chi connectivity index (χ2v) is 5.42. The standard InChI is InChI=1S/C17H21NO5/c1-4-11(2)18(9-15(19)20)17(21)13-8-12-6-5-7-14(22-3)16(12)23-10-13/h5-8,11H,4,9-10H2,1-3H3,(H,19,20). The minimum Gasteiger partial charge on any atom is -0.493 e. The Hall–Kier alpha value is -2.50. The molecule has 2 rings (SSSR count). The Morgan fingerprint density at radius 1 is 1.43 bits per heavy atom. The molecule has 0 saturated carbocycles. The number of nitrogens with zero attached hydrogens (tertiary/aromatic N) is 1. The molecule has 0 radical (unpaired) electrons.